The van der Waals surface area contributed by atoms with Gasteiger partial charge in [0.25, 0.3) is 0 Å². The lowest BCUT2D eigenvalue weighted by molar-refractivity contribution is 0.128. The van der Waals surface area contributed by atoms with Crippen molar-refractivity contribution in [3.05, 3.63) is 29.6 Å². The van der Waals surface area contributed by atoms with Crippen LogP contribution in [0.3, 0.4) is 0 Å². The summed E-state index contributed by atoms with van der Waals surface area (Å²) in [6.07, 6.45) is 0.971. The first kappa shape index (κ1) is 12.4. The average molecular weight is 236 g/mol. The quantitative estimate of drug-likeness (QED) is 0.749. The van der Waals surface area contributed by atoms with Crippen molar-refractivity contribution in [2.24, 2.45) is 11.8 Å². The molecule has 0 fully saturated rings. The summed E-state index contributed by atoms with van der Waals surface area (Å²) < 4.78 is 19.2. The molecule has 0 aromatic heterocycles. The van der Waals surface area contributed by atoms with Gasteiger partial charge in [-0.05, 0) is 36.5 Å². The summed E-state index contributed by atoms with van der Waals surface area (Å²) in [4.78, 5) is 0. The first-order chi connectivity index (χ1) is 7.98. The standard InChI is InChI=1S/C15H21FO/c1-10(2)15(11(3)4)7-8-17-14-6-5-12(16)9-13(14)15/h5-6,9-11H,7-8H2,1-4H3. The number of hydrogen-bond acceptors (Lipinski definition) is 1. The lowest BCUT2D eigenvalue weighted by atomic mass is 9.62. The molecule has 2 heteroatoms. The molecule has 0 unspecified atom stereocenters. The molecule has 94 valence electrons. The minimum absolute atomic E-state index is 0.0374. The highest BCUT2D eigenvalue weighted by Gasteiger charge is 2.43. The summed E-state index contributed by atoms with van der Waals surface area (Å²) in [6, 6.07) is 4.91. The normalized spacial score (nSPS) is 18.1. The van der Waals surface area contributed by atoms with E-state index >= 15 is 0 Å². The van der Waals surface area contributed by atoms with E-state index in [4.69, 9.17) is 4.74 Å². The lowest BCUT2D eigenvalue weighted by Crippen LogP contribution is -2.42. The van der Waals surface area contributed by atoms with Crippen LogP contribution in [0.2, 0.25) is 0 Å². The van der Waals surface area contributed by atoms with Crippen LogP contribution in [-0.2, 0) is 5.41 Å². The van der Waals surface area contributed by atoms with E-state index in [9.17, 15) is 4.39 Å². The molecule has 1 aromatic rings. The van der Waals surface area contributed by atoms with Gasteiger partial charge in [0.05, 0.1) is 6.61 Å². The Kier molecular flexibility index (Phi) is 3.15. The highest BCUT2D eigenvalue weighted by molar-refractivity contribution is 5.42. The van der Waals surface area contributed by atoms with Crippen molar-refractivity contribution < 1.29 is 9.13 Å². The maximum Gasteiger partial charge on any atom is 0.123 e. The third kappa shape index (κ3) is 1.84. The van der Waals surface area contributed by atoms with Gasteiger partial charge in [-0.15, -0.1) is 0 Å². The first-order valence-electron chi connectivity index (χ1n) is 6.41. The molecule has 1 aromatic carbocycles. The van der Waals surface area contributed by atoms with Gasteiger partial charge >= 0.3 is 0 Å². The van der Waals surface area contributed by atoms with E-state index in [1.165, 1.54) is 6.07 Å². The van der Waals surface area contributed by atoms with Gasteiger partial charge < -0.3 is 4.74 Å². The van der Waals surface area contributed by atoms with Gasteiger partial charge in [0.2, 0.25) is 0 Å². The molecule has 0 atom stereocenters. The molecule has 0 N–H and O–H groups in total. The van der Waals surface area contributed by atoms with Crippen LogP contribution in [0.5, 0.6) is 5.75 Å². The average Bonchev–Trinajstić information content (AvgIpc) is 2.27. The van der Waals surface area contributed by atoms with Gasteiger partial charge in [-0.2, -0.15) is 0 Å². The number of halogens is 1. The molecule has 1 aliphatic heterocycles. The van der Waals surface area contributed by atoms with Crippen LogP contribution in [0.25, 0.3) is 0 Å². The molecule has 17 heavy (non-hydrogen) atoms. The Labute approximate surface area is 103 Å². The zero-order valence-corrected chi connectivity index (χ0v) is 11.1. The van der Waals surface area contributed by atoms with Crippen molar-refractivity contribution in [3.8, 4) is 5.75 Å². The minimum atomic E-state index is -0.167. The Morgan fingerprint density at radius 1 is 1.18 bits per heavy atom. The van der Waals surface area contributed by atoms with Crippen LogP contribution < -0.4 is 4.74 Å². The van der Waals surface area contributed by atoms with E-state index < -0.39 is 0 Å². The number of rotatable bonds is 2. The number of fused-ring (bicyclic) bond motifs is 1. The monoisotopic (exact) mass is 236 g/mol. The van der Waals surface area contributed by atoms with Gasteiger partial charge in [0.15, 0.2) is 0 Å². The molecular formula is C15H21FO. The lowest BCUT2D eigenvalue weighted by Gasteiger charge is -2.45. The van der Waals surface area contributed by atoms with Crippen LogP contribution in [0.1, 0.15) is 39.7 Å². The molecule has 1 heterocycles. The van der Waals surface area contributed by atoms with E-state index in [2.05, 4.69) is 27.7 Å². The Morgan fingerprint density at radius 2 is 1.82 bits per heavy atom. The van der Waals surface area contributed by atoms with E-state index in [1.54, 1.807) is 12.1 Å². The summed E-state index contributed by atoms with van der Waals surface area (Å²) in [5, 5.41) is 0. The van der Waals surface area contributed by atoms with Crippen molar-refractivity contribution in [3.63, 3.8) is 0 Å². The molecule has 0 bridgehead atoms. The largest absolute Gasteiger partial charge is 0.493 e. The van der Waals surface area contributed by atoms with Crippen LogP contribution in [0.4, 0.5) is 4.39 Å². The molecule has 0 saturated carbocycles. The summed E-state index contributed by atoms with van der Waals surface area (Å²) in [5.74, 6) is 1.65. The Morgan fingerprint density at radius 3 is 2.41 bits per heavy atom. The first-order valence-corrected chi connectivity index (χ1v) is 6.41. The Bertz CT molecular complexity index is 401. The second-order valence-electron chi connectivity index (χ2n) is 5.59. The summed E-state index contributed by atoms with van der Waals surface area (Å²) in [6.45, 7) is 9.62. The Hall–Kier alpha value is -1.05. The molecule has 2 rings (SSSR count). The van der Waals surface area contributed by atoms with Crippen molar-refractivity contribution >= 4 is 0 Å². The van der Waals surface area contributed by atoms with E-state index in [0.717, 1.165) is 24.3 Å². The minimum Gasteiger partial charge on any atom is -0.493 e. The van der Waals surface area contributed by atoms with Crippen molar-refractivity contribution in [1.82, 2.24) is 0 Å². The van der Waals surface area contributed by atoms with Crippen LogP contribution >= 0.6 is 0 Å². The fraction of sp³-hybridized carbons (Fsp3) is 0.600. The molecule has 0 saturated heterocycles. The maximum absolute atomic E-state index is 13.5. The predicted molar refractivity (Wildman–Crippen MR) is 67.9 cm³/mol. The van der Waals surface area contributed by atoms with Gasteiger partial charge in [0.1, 0.15) is 11.6 Å². The highest BCUT2D eigenvalue weighted by atomic mass is 19.1. The Balaban J connectivity index is 2.61. The topological polar surface area (TPSA) is 9.23 Å². The van der Waals surface area contributed by atoms with Gasteiger partial charge in [0, 0.05) is 11.0 Å². The van der Waals surface area contributed by atoms with E-state index in [0.29, 0.717) is 11.8 Å². The second-order valence-corrected chi connectivity index (χ2v) is 5.59. The molecule has 1 nitrogen and oxygen atoms in total. The van der Waals surface area contributed by atoms with Crippen molar-refractivity contribution in [2.45, 2.75) is 39.5 Å². The molecule has 1 aliphatic rings. The summed E-state index contributed by atoms with van der Waals surface area (Å²) in [7, 11) is 0. The number of ether oxygens (including phenoxy) is 1. The van der Waals surface area contributed by atoms with Gasteiger partial charge in [-0.1, -0.05) is 27.7 Å². The third-order valence-electron chi connectivity index (χ3n) is 4.28. The SMILES string of the molecule is CC(C)C1(C(C)C)CCOc2ccc(F)cc21. The summed E-state index contributed by atoms with van der Waals surface area (Å²) >= 11 is 0. The van der Waals surface area contributed by atoms with Crippen LogP contribution in [-0.4, -0.2) is 6.61 Å². The second kappa shape index (κ2) is 4.32. The molecular weight excluding hydrogens is 215 g/mol. The molecule has 0 aliphatic carbocycles. The van der Waals surface area contributed by atoms with Gasteiger partial charge in [-0.25, -0.2) is 4.39 Å². The summed E-state index contributed by atoms with van der Waals surface area (Å²) in [5.41, 5.74) is 1.09. The zero-order chi connectivity index (χ0) is 12.6. The van der Waals surface area contributed by atoms with Crippen LogP contribution in [0, 0.1) is 17.7 Å². The molecule has 0 spiro atoms. The van der Waals surface area contributed by atoms with Crippen LogP contribution in [0.15, 0.2) is 18.2 Å². The van der Waals surface area contributed by atoms with Crippen molar-refractivity contribution in [2.75, 3.05) is 6.61 Å². The van der Waals surface area contributed by atoms with Crippen molar-refractivity contribution in [1.29, 1.82) is 0 Å². The number of benzene rings is 1. The predicted octanol–water partition coefficient (Wildman–Crippen LogP) is 4.16. The number of hydrogen-bond donors (Lipinski definition) is 0. The highest BCUT2D eigenvalue weighted by Crippen LogP contribution is 2.48. The third-order valence-corrected chi connectivity index (χ3v) is 4.28. The molecule has 0 radical (unpaired) electrons. The van der Waals surface area contributed by atoms with E-state index in [1.807, 2.05) is 0 Å². The van der Waals surface area contributed by atoms with E-state index in [-0.39, 0.29) is 11.2 Å². The smallest absolute Gasteiger partial charge is 0.123 e. The maximum atomic E-state index is 13.5. The molecule has 0 amide bonds. The zero-order valence-electron chi connectivity index (χ0n) is 11.1. The fourth-order valence-corrected chi connectivity index (χ4v) is 3.32. The fourth-order valence-electron chi connectivity index (χ4n) is 3.32. The van der Waals surface area contributed by atoms with Gasteiger partial charge in [-0.3, -0.25) is 0 Å².